The summed E-state index contributed by atoms with van der Waals surface area (Å²) in [5, 5.41) is 0. The zero-order chi connectivity index (χ0) is 35.2. The lowest BCUT2D eigenvalue weighted by Crippen LogP contribution is -2.26. The fourth-order valence-electron chi connectivity index (χ4n) is 8.84. The van der Waals surface area contributed by atoms with Gasteiger partial charge in [0.15, 0.2) is 0 Å². The molecule has 50 heavy (non-hydrogen) atoms. The molecule has 2 aliphatic carbocycles. The summed E-state index contributed by atoms with van der Waals surface area (Å²) in [6, 6.07) is 18.3. The number of rotatable bonds is 25. The van der Waals surface area contributed by atoms with Crippen LogP contribution in [0.4, 0.5) is 0 Å². The lowest BCUT2D eigenvalue weighted by atomic mass is 9.78. The normalized spacial score (nSPS) is 22.4. The fourth-order valence-corrected chi connectivity index (χ4v) is 8.84. The van der Waals surface area contributed by atoms with Crippen molar-refractivity contribution in [3.8, 4) is 0 Å². The van der Waals surface area contributed by atoms with Crippen molar-refractivity contribution in [2.24, 2.45) is 23.7 Å². The van der Waals surface area contributed by atoms with Gasteiger partial charge in [0.1, 0.15) is 0 Å². The maximum absolute atomic E-state index is 6.24. The van der Waals surface area contributed by atoms with Gasteiger partial charge in [-0.25, -0.2) is 0 Å². The van der Waals surface area contributed by atoms with Gasteiger partial charge in [-0.3, -0.25) is 0 Å². The molecule has 0 N–H and O–H groups in total. The van der Waals surface area contributed by atoms with Crippen LogP contribution >= 0.6 is 0 Å². The van der Waals surface area contributed by atoms with Crippen LogP contribution in [0, 0.1) is 23.7 Å². The molecule has 2 fully saturated rings. The quantitative estimate of drug-likeness (QED) is 0.0968. The Balaban J connectivity index is 1.00. The van der Waals surface area contributed by atoms with E-state index in [1.807, 2.05) is 0 Å². The summed E-state index contributed by atoms with van der Waals surface area (Å²) in [5.41, 5.74) is 5.44. The molecule has 0 saturated heterocycles. The van der Waals surface area contributed by atoms with Crippen LogP contribution < -0.4 is 0 Å². The van der Waals surface area contributed by atoms with E-state index in [4.69, 9.17) is 9.47 Å². The van der Waals surface area contributed by atoms with Crippen molar-refractivity contribution in [3.05, 3.63) is 70.8 Å². The molecule has 0 aromatic heterocycles. The first-order valence-corrected chi connectivity index (χ1v) is 21.9. The van der Waals surface area contributed by atoms with Crippen LogP contribution in [-0.4, -0.2) is 12.2 Å². The molecule has 0 aliphatic heterocycles. The molecule has 2 aliphatic rings. The third kappa shape index (κ3) is 16.4. The minimum atomic E-state index is 0.0523. The summed E-state index contributed by atoms with van der Waals surface area (Å²) in [5.74, 6) is 4.06. The Morgan fingerprint density at radius 1 is 0.420 bits per heavy atom. The molecule has 2 saturated carbocycles. The number of ether oxygens (including phenoxy) is 2. The van der Waals surface area contributed by atoms with Gasteiger partial charge in [-0.2, -0.15) is 0 Å². The highest BCUT2D eigenvalue weighted by molar-refractivity contribution is 5.23. The largest absolute Gasteiger partial charge is 0.371 e. The molecule has 2 nitrogen and oxygen atoms in total. The number of hydrogen-bond donors (Lipinski definition) is 0. The Bertz CT molecular complexity index is 1000. The van der Waals surface area contributed by atoms with E-state index in [0.717, 1.165) is 23.7 Å². The molecule has 0 amide bonds. The minimum absolute atomic E-state index is 0.0523. The molecule has 0 spiro atoms. The molecule has 4 rings (SSSR count). The predicted octanol–water partition coefficient (Wildman–Crippen LogP) is 14.4. The van der Waals surface area contributed by atoms with E-state index in [0.29, 0.717) is 13.2 Å². The number of benzene rings is 2. The summed E-state index contributed by atoms with van der Waals surface area (Å²) in [7, 11) is 0. The van der Waals surface area contributed by atoms with E-state index >= 15 is 0 Å². The molecule has 2 aromatic rings. The second-order valence-corrected chi connectivity index (χ2v) is 16.9. The highest BCUT2D eigenvalue weighted by Crippen LogP contribution is 2.36. The van der Waals surface area contributed by atoms with Crippen LogP contribution in [0.15, 0.2) is 48.5 Å². The molecular formula is C48H78O2. The molecule has 0 bridgehead atoms. The third-order valence-corrected chi connectivity index (χ3v) is 12.8. The number of aryl methyl sites for hydroxylation is 2. The Morgan fingerprint density at radius 3 is 1.00 bits per heavy atom. The van der Waals surface area contributed by atoms with Crippen molar-refractivity contribution in [3.63, 3.8) is 0 Å². The summed E-state index contributed by atoms with van der Waals surface area (Å²) >= 11 is 0. The van der Waals surface area contributed by atoms with E-state index in [9.17, 15) is 0 Å². The van der Waals surface area contributed by atoms with Crippen LogP contribution in [0.1, 0.15) is 191 Å². The van der Waals surface area contributed by atoms with E-state index in [-0.39, 0.29) is 12.2 Å². The van der Waals surface area contributed by atoms with Gasteiger partial charge in [0, 0.05) is 0 Å². The molecule has 2 atom stereocenters. The SMILES string of the molecule is CCCCC[C@H]1CC[C@H](CCCCc2ccc(CO[C@H](C)[C@@H](C)OCc3ccc(CCCC[C@H]4CC[C@H](CCCCC)CC4)cc3)cc2)CC1. The maximum Gasteiger partial charge on any atom is 0.0810 e. The van der Waals surface area contributed by atoms with Crippen molar-refractivity contribution in [1.82, 2.24) is 0 Å². The Kier molecular flexibility index (Phi) is 20.2. The van der Waals surface area contributed by atoms with Gasteiger partial charge in [-0.05, 0) is 85.5 Å². The maximum atomic E-state index is 6.24. The second kappa shape index (κ2) is 24.6. The first kappa shape index (κ1) is 41.1. The average Bonchev–Trinajstić information content (AvgIpc) is 3.15. The fraction of sp³-hybridized carbons (Fsp3) is 0.750. The van der Waals surface area contributed by atoms with Crippen molar-refractivity contribution in [1.29, 1.82) is 0 Å². The predicted molar refractivity (Wildman–Crippen MR) is 216 cm³/mol. The Hall–Kier alpha value is -1.64. The third-order valence-electron chi connectivity index (χ3n) is 12.8. The Morgan fingerprint density at radius 2 is 0.700 bits per heavy atom. The highest BCUT2D eigenvalue weighted by Gasteiger charge is 2.21. The standard InChI is InChI=1S/C48H78O2/c1-5-7-9-15-41-21-25-43(26-22-41)17-11-13-19-45-29-33-47(34-30-45)37-49-39(3)40(4)50-38-48-35-31-46(32-36-48)20-14-12-18-44-27-23-42(24-28-44)16-10-8-6-2/h29-36,39-44H,5-28,37-38H2,1-4H3/t39-,40-,41-,42-,43-,44-/m1/s1. The van der Waals surface area contributed by atoms with Gasteiger partial charge in [-0.1, -0.05) is 191 Å². The number of unbranched alkanes of at least 4 members (excludes halogenated alkanes) is 6. The van der Waals surface area contributed by atoms with Crippen molar-refractivity contribution in [2.75, 3.05) is 0 Å². The van der Waals surface area contributed by atoms with Gasteiger partial charge in [0.25, 0.3) is 0 Å². The van der Waals surface area contributed by atoms with Crippen molar-refractivity contribution < 1.29 is 9.47 Å². The molecule has 0 radical (unpaired) electrons. The molecule has 0 unspecified atom stereocenters. The van der Waals surface area contributed by atoms with Gasteiger partial charge in [0.05, 0.1) is 25.4 Å². The minimum Gasteiger partial charge on any atom is -0.371 e. The molecule has 2 aromatic carbocycles. The van der Waals surface area contributed by atoms with E-state index in [1.165, 1.54) is 176 Å². The monoisotopic (exact) mass is 687 g/mol. The van der Waals surface area contributed by atoms with Crippen LogP contribution in [0.3, 0.4) is 0 Å². The van der Waals surface area contributed by atoms with Gasteiger partial charge >= 0.3 is 0 Å². The van der Waals surface area contributed by atoms with Crippen molar-refractivity contribution >= 4 is 0 Å². The van der Waals surface area contributed by atoms with Crippen LogP contribution in [-0.2, 0) is 35.5 Å². The van der Waals surface area contributed by atoms with Crippen LogP contribution in [0.2, 0.25) is 0 Å². The van der Waals surface area contributed by atoms with E-state index < -0.39 is 0 Å². The average molecular weight is 687 g/mol. The van der Waals surface area contributed by atoms with Gasteiger partial charge in [0.2, 0.25) is 0 Å². The lowest BCUT2D eigenvalue weighted by Gasteiger charge is -2.28. The second-order valence-electron chi connectivity index (χ2n) is 16.9. The summed E-state index contributed by atoms with van der Waals surface area (Å²) in [6.45, 7) is 10.2. The zero-order valence-electron chi connectivity index (χ0n) is 33.3. The smallest absolute Gasteiger partial charge is 0.0810 e. The summed E-state index contributed by atoms with van der Waals surface area (Å²) < 4.78 is 12.5. The Labute approximate surface area is 310 Å². The summed E-state index contributed by atoms with van der Waals surface area (Å²) in [4.78, 5) is 0. The van der Waals surface area contributed by atoms with E-state index in [2.05, 4.69) is 76.2 Å². The van der Waals surface area contributed by atoms with Gasteiger partial charge in [-0.15, -0.1) is 0 Å². The first-order valence-electron chi connectivity index (χ1n) is 21.9. The van der Waals surface area contributed by atoms with Crippen LogP contribution in [0.5, 0.6) is 0 Å². The lowest BCUT2D eigenvalue weighted by molar-refractivity contribution is -0.0687. The van der Waals surface area contributed by atoms with Gasteiger partial charge < -0.3 is 9.47 Å². The van der Waals surface area contributed by atoms with Crippen LogP contribution in [0.25, 0.3) is 0 Å². The van der Waals surface area contributed by atoms with Crippen molar-refractivity contribution in [2.45, 2.75) is 207 Å². The summed E-state index contributed by atoms with van der Waals surface area (Å²) in [6.07, 6.45) is 34.2. The highest BCUT2D eigenvalue weighted by atomic mass is 16.5. The first-order chi connectivity index (χ1) is 24.5. The zero-order valence-corrected chi connectivity index (χ0v) is 33.3. The molecule has 282 valence electrons. The molecule has 0 heterocycles. The number of hydrogen-bond acceptors (Lipinski definition) is 2. The van der Waals surface area contributed by atoms with E-state index in [1.54, 1.807) is 0 Å². The molecular weight excluding hydrogens is 609 g/mol. The topological polar surface area (TPSA) is 18.5 Å². The molecule has 2 heteroatoms.